The van der Waals surface area contributed by atoms with Crippen LogP contribution in [0.5, 0.6) is 5.75 Å². The van der Waals surface area contributed by atoms with Gasteiger partial charge in [0, 0.05) is 25.1 Å². The van der Waals surface area contributed by atoms with Gasteiger partial charge in [0.25, 0.3) is 5.91 Å². The standard InChI is InChI=1S/C12H11N3O2/c1-15(10-2-4-11(16)5-3-10)12(17)9-6-13-8-14-7-9/h2-8,16H,1H3. The number of hydrogen-bond acceptors (Lipinski definition) is 4. The van der Waals surface area contributed by atoms with Crippen molar-refractivity contribution in [3.05, 3.63) is 48.5 Å². The summed E-state index contributed by atoms with van der Waals surface area (Å²) in [6.07, 6.45) is 4.30. The summed E-state index contributed by atoms with van der Waals surface area (Å²) in [6.45, 7) is 0. The minimum atomic E-state index is -0.198. The number of benzene rings is 1. The molecule has 1 aromatic carbocycles. The zero-order valence-corrected chi connectivity index (χ0v) is 9.24. The number of amides is 1. The van der Waals surface area contributed by atoms with Gasteiger partial charge in [-0.1, -0.05) is 0 Å². The van der Waals surface area contributed by atoms with Crippen LogP contribution in [0.2, 0.25) is 0 Å². The van der Waals surface area contributed by atoms with E-state index in [9.17, 15) is 9.90 Å². The van der Waals surface area contributed by atoms with E-state index in [1.807, 2.05) is 0 Å². The Labute approximate surface area is 98.4 Å². The molecule has 86 valence electrons. The Kier molecular flexibility index (Phi) is 3.00. The fraction of sp³-hybridized carbons (Fsp3) is 0.0833. The van der Waals surface area contributed by atoms with Gasteiger partial charge in [-0.25, -0.2) is 9.97 Å². The molecule has 0 saturated carbocycles. The lowest BCUT2D eigenvalue weighted by molar-refractivity contribution is 0.0992. The molecule has 5 nitrogen and oxygen atoms in total. The van der Waals surface area contributed by atoms with Crippen molar-refractivity contribution in [2.24, 2.45) is 0 Å². The van der Waals surface area contributed by atoms with Crippen molar-refractivity contribution < 1.29 is 9.90 Å². The highest BCUT2D eigenvalue weighted by molar-refractivity contribution is 6.05. The number of carbonyl (C=O) groups is 1. The summed E-state index contributed by atoms with van der Waals surface area (Å²) >= 11 is 0. The van der Waals surface area contributed by atoms with Crippen molar-refractivity contribution in [1.82, 2.24) is 9.97 Å². The number of nitrogens with zero attached hydrogens (tertiary/aromatic N) is 3. The molecule has 5 heteroatoms. The average molecular weight is 229 g/mol. The number of phenols is 1. The third-order valence-electron chi connectivity index (χ3n) is 2.35. The maximum Gasteiger partial charge on any atom is 0.261 e. The van der Waals surface area contributed by atoms with Crippen molar-refractivity contribution in [2.45, 2.75) is 0 Å². The largest absolute Gasteiger partial charge is 0.508 e. The molecule has 0 bridgehead atoms. The van der Waals surface area contributed by atoms with Gasteiger partial charge in [-0.15, -0.1) is 0 Å². The Balaban J connectivity index is 2.23. The van der Waals surface area contributed by atoms with E-state index in [0.717, 1.165) is 0 Å². The molecule has 1 N–H and O–H groups in total. The lowest BCUT2D eigenvalue weighted by atomic mass is 10.2. The number of carbonyl (C=O) groups excluding carboxylic acids is 1. The highest BCUT2D eigenvalue weighted by atomic mass is 16.3. The smallest absolute Gasteiger partial charge is 0.261 e. The number of anilines is 1. The highest BCUT2D eigenvalue weighted by Gasteiger charge is 2.13. The summed E-state index contributed by atoms with van der Waals surface area (Å²) in [5.74, 6) is -0.0334. The van der Waals surface area contributed by atoms with Crippen LogP contribution in [-0.2, 0) is 0 Å². The van der Waals surface area contributed by atoms with Crippen molar-refractivity contribution in [3.8, 4) is 5.75 Å². The van der Waals surface area contributed by atoms with Crippen LogP contribution in [0.3, 0.4) is 0 Å². The van der Waals surface area contributed by atoms with E-state index in [0.29, 0.717) is 11.3 Å². The molecule has 0 saturated heterocycles. The molecule has 0 aliphatic carbocycles. The monoisotopic (exact) mass is 229 g/mol. The molecular formula is C12H11N3O2. The molecule has 1 amide bonds. The Morgan fingerprint density at radius 2 is 1.76 bits per heavy atom. The summed E-state index contributed by atoms with van der Waals surface area (Å²) < 4.78 is 0. The van der Waals surface area contributed by atoms with Crippen LogP contribution in [0.4, 0.5) is 5.69 Å². The molecule has 0 unspecified atom stereocenters. The second-order valence-electron chi connectivity index (χ2n) is 3.51. The van der Waals surface area contributed by atoms with E-state index in [1.54, 1.807) is 19.2 Å². The van der Waals surface area contributed by atoms with Gasteiger partial charge < -0.3 is 10.0 Å². The number of aromatic nitrogens is 2. The molecule has 0 aliphatic rings. The molecule has 0 radical (unpaired) electrons. The van der Waals surface area contributed by atoms with E-state index in [1.165, 1.54) is 35.8 Å². The van der Waals surface area contributed by atoms with Gasteiger partial charge in [0.05, 0.1) is 5.56 Å². The quantitative estimate of drug-likeness (QED) is 0.846. The molecule has 2 aromatic rings. The maximum absolute atomic E-state index is 12.0. The molecule has 0 fully saturated rings. The van der Waals surface area contributed by atoms with E-state index < -0.39 is 0 Å². The SMILES string of the molecule is CN(C(=O)c1cncnc1)c1ccc(O)cc1. The van der Waals surface area contributed by atoms with Gasteiger partial charge in [0.2, 0.25) is 0 Å². The van der Waals surface area contributed by atoms with Gasteiger partial charge in [0.15, 0.2) is 0 Å². The number of aromatic hydroxyl groups is 1. The molecule has 17 heavy (non-hydrogen) atoms. The second-order valence-corrected chi connectivity index (χ2v) is 3.51. The van der Waals surface area contributed by atoms with E-state index >= 15 is 0 Å². The van der Waals surface area contributed by atoms with Crippen LogP contribution in [0.15, 0.2) is 43.0 Å². The van der Waals surface area contributed by atoms with Crippen molar-refractivity contribution in [1.29, 1.82) is 0 Å². The van der Waals surface area contributed by atoms with Crippen LogP contribution in [0, 0.1) is 0 Å². The lowest BCUT2D eigenvalue weighted by Gasteiger charge is -2.16. The zero-order chi connectivity index (χ0) is 12.3. The van der Waals surface area contributed by atoms with Gasteiger partial charge >= 0.3 is 0 Å². The first-order valence-electron chi connectivity index (χ1n) is 5.00. The van der Waals surface area contributed by atoms with Crippen molar-refractivity contribution in [2.75, 3.05) is 11.9 Å². The Hall–Kier alpha value is -2.43. The zero-order valence-electron chi connectivity index (χ0n) is 9.24. The first-order chi connectivity index (χ1) is 8.18. The predicted molar refractivity (Wildman–Crippen MR) is 62.9 cm³/mol. The number of phenolic OH excluding ortho intramolecular Hbond substituents is 1. The lowest BCUT2D eigenvalue weighted by Crippen LogP contribution is -2.26. The molecule has 0 atom stereocenters. The molecular weight excluding hydrogens is 218 g/mol. The number of rotatable bonds is 2. The minimum absolute atomic E-state index is 0.164. The Morgan fingerprint density at radius 3 is 2.35 bits per heavy atom. The summed E-state index contributed by atoms with van der Waals surface area (Å²) in [5.41, 5.74) is 1.11. The van der Waals surface area contributed by atoms with Gasteiger partial charge in [-0.2, -0.15) is 0 Å². The molecule has 0 spiro atoms. The van der Waals surface area contributed by atoms with Gasteiger partial charge in [0.1, 0.15) is 12.1 Å². The first kappa shape index (κ1) is 11.1. The van der Waals surface area contributed by atoms with Crippen LogP contribution in [0.1, 0.15) is 10.4 Å². The van der Waals surface area contributed by atoms with Crippen LogP contribution >= 0.6 is 0 Å². The first-order valence-corrected chi connectivity index (χ1v) is 5.00. The molecule has 1 heterocycles. The molecule has 2 rings (SSSR count). The van der Waals surface area contributed by atoms with Crippen LogP contribution < -0.4 is 4.90 Å². The minimum Gasteiger partial charge on any atom is -0.508 e. The van der Waals surface area contributed by atoms with Crippen molar-refractivity contribution in [3.63, 3.8) is 0 Å². The topological polar surface area (TPSA) is 66.3 Å². The van der Waals surface area contributed by atoms with E-state index in [4.69, 9.17) is 0 Å². The fourth-order valence-electron chi connectivity index (χ4n) is 1.40. The third-order valence-corrected chi connectivity index (χ3v) is 2.35. The summed E-state index contributed by atoms with van der Waals surface area (Å²) in [7, 11) is 1.65. The number of hydrogen-bond donors (Lipinski definition) is 1. The predicted octanol–water partition coefficient (Wildman–Crippen LogP) is 1.46. The van der Waals surface area contributed by atoms with E-state index in [2.05, 4.69) is 9.97 Å². The van der Waals surface area contributed by atoms with Gasteiger partial charge in [-0.05, 0) is 24.3 Å². The fourth-order valence-corrected chi connectivity index (χ4v) is 1.40. The van der Waals surface area contributed by atoms with Crippen LogP contribution in [-0.4, -0.2) is 28.0 Å². The summed E-state index contributed by atoms with van der Waals surface area (Å²) in [6, 6.07) is 6.38. The Morgan fingerprint density at radius 1 is 1.18 bits per heavy atom. The van der Waals surface area contributed by atoms with E-state index in [-0.39, 0.29) is 11.7 Å². The third kappa shape index (κ3) is 2.39. The second kappa shape index (κ2) is 4.61. The van der Waals surface area contributed by atoms with Crippen LogP contribution in [0.25, 0.3) is 0 Å². The molecule has 0 aliphatic heterocycles. The maximum atomic E-state index is 12.0. The van der Waals surface area contributed by atoms with Crippen molar-refractivity contribution >= 4 is 11.6 Å². The normalized spacial score (nSPS) is 9.94. The Bertz CT molecular complexity index is 511. The highest BCUT2D eigenvalue weighted by Crippen LogP contribution is 2.18. The van der Waals surface area contributed by atoms with Gasteiger partial charge in [-0.3, -0.25) is 4.79 Å². The summed E-state index contributed by atoms with van der Waals surface area (Å²) in [4.78, 5) is 21.1. The summed E-state index contributed by atoms with van der Waals surface area (Å²) in [5, 5.41) is 9.17. The molecule has 1 aromatic heterocycles. The average Bonchev–Trinajstić information content (AvgIpc) is 2.39.